The van der Waals surface area contributed by atoms with Gasteiger partial charge in [0.2, 0.25) is 0 Å². The van der Waals surface area contributed by atoms with Crippen molar-refractivity contribution in [3.63, 3.8) is 0 Å². The molecule has 0 aliphatic carbocycles. The molecule has 0 bridgehead atoms. The van der Waals surface area contributed by atoms with E-state index in [-0.39, 0.29) is 17.0 Å². The summed E-state index contributed by atoms with van der Waals surface area (Å²) >= 11 is 11.8. The summed E-state index contributed by atoms with van der Waals surface area (Å²) in [7, 11) is 0. The van der Waals surface area contributed by atoms with Gasteiger partial charge in [-0.2, -0.15) is 0 Å². The normalized spacial score (nSPS) is 11.8. The van der Waals surface area contributed by atoms with E-state index in [1.807, 2.05) is 0 Å². The number of benzene rings is 2. The third kappa shape index (κ3) is 4.43. The maximum absolute atomic E-state index is 13.2. The van der Waals surface area contributed by atoms with Crippen LogP contribution in [0.5, 0.6) is 0 Å². The number of aliphatic carboxylic acids is 1. The number of carboxylic acid groups (broad SMARTS) is 1. The number of halogens is 4. The summed E-state index contributed by atoms with van der Waals surface area (Å²) < 4.78 is 26.1. The van der Waals surface area contributed by atoms with Gasteiger partial charge in [-0.25, -0.2) is 13.6 Å². The van der Waals surface area contributed by atoms with Crippen LogP contribution in [0.4, 0.5) is 8.78 Å². The number of amides is 1. The summed E-state index contributed by atoms with van der Waals surface area (Å²) in [6, 6.07) is 5.78. The van der Waals surface area contributed by atoms with Gasteiger partial charge in [0, 0.05) is 22.0 Å². The Morgan fingerprint density at radius 2 is 1.79 bits per heavy atom. The zero-order valence-corrected chi connectivity index (χ0v) is 13.5. The molecular weight excluding hydrogens is 363 g/mol. The van der Waals surface area contributed by atoms with Gasteiger partial charge in [-0.05, 0) is 35.9 Å². The van der Waals surface area contributed by atoms with E-state index < -0.39 is 29.6 Å². The molecule has 0 saturated heterocycles. The first-order valence-corrected chi connectivity index (χ1v) is 7.46. The van der Waals surface area contributed by atoms with Gasteiger partial charge in [0.15, 0.2) is 11.6 Å². The van der Waals surface area contributed by atoms with Crippen molar-refractivity contribution in [2.75, 3.05) is 0 Å². The zero-order chi connectivity index (χ0) is 17.9. The van der Waals surface area contributed by atoms with Crippen LogP contribution in [0.2, 0.25) is 10.0 Å². The minimum atomic E-state index is -1.30. The first-order chi connectivity index (χ1) is 11.3. The van der Waals surface area contributed by atoms with Crippen LogP contribution in [0.1, 0.15) is 15.9 Å². The Kier molecular flexibility index (Phi) is 5.75. The summed E-state index contributed by atoms with van der Waals surface area (Å²) in [5.74, 6) is -4.44. The Labute approximate surface area is 146 Å². The van der Waals surface area contributed by atoms with Gasteiger partial charge in [-0.15, -0.1) is 0 Å². The maximum atomic E-state index is 13.2. The molecule has 0 radical (unpaired) electrons. The number of carboxylic acids is 1. The molecular formula is C16H11Cl2F2NO3. The summed E-state index contributed by atoms with van der Waals surface area (Å²) in [6.07, 6.45) is -0.0965. The van der Waals surface area contributed by atoms with Crippen LogP contribution in [0.3, 0.4) is 0 Å². The van der Waals surface area contributed by atoms with Crippen LogP contribution < -0.4 is 5.32 Å². The molecule has 2 aromatic carbocycles. The fraction of sp³-hybridized carbons (Fsp3) is 0.125. The topological polar surface area (TPSA) is 66.4 Å². The van der Waals surface area contributed by atoms with Gasteiger partial charge in [0.25, 0.3) is 5.91 Å². The lowest BCUT2D eigenvalue weighted by Crippen LogP contribution is -2.42. The predicted octanol–water partition coefficient (Wildman–Crippen LogP) is 3.70. The Morgan fingerprint density at radius 1 is 1.08 bits per heavy atom. The SMILES string of the molecule is O=C(N[C@@H](Cc1ccc(Cl)cc1Cl)C(=O)O)c1ccc(F)c(F)c1. The van der Waals surface area contributed by atoms with Crippen molar-refractivity contribution < 1.29 is 23.5 Å². The van der Waals surface area contributed by atoms with E-state index in [9.17, 15) is 23.5 Å². The van der Waals surface area contributed by atoms with E-state index in [0.717, 1.165) is 12.1 Å². The molecule has 0 spiro atoms. The highest BCUT2D eigenvalue weighted by atomic mass is 35.5. The van der Waals surface area contributed by atoms with Crippen molar-refractivity contribution >= 4 is 35.1 Å². The molecule has 0 heterocycles. The molecule has 1 atom stereocenters. The summed E-state index contributed by atoms with van der Waals surface area (Å²) in [5.41, 5.74) is 0.279. The molecule has 0 saturated carbocycles. The summed E-state index contributed by atoms with van der Waals surface area (Å²) in [6.45, 7) is 0. The highest BCUT2D eigenvalue weighted by Gasteiger charge is 2.22. The molecule has 0 fully saturated rings. The van der Waals surface area contributed by atoms with Crippen molar-refractivity contribution in [3.05, 3.63) is 69.2 Å². The third-order valence-electron chi connectivity index (χ3n) is 3.22. The van der Waals surface area contributed by atoms with Gasteiger partial charge in [0.05, 0.1) is 0 Å². The van der Waals surface area contributed by atoms with E-state index in [2.05, 4.69) is 5.32 Å². The van der Waals surface area contributed by atoms with Gasteiger partial charge >= 0.3 is 5.97 Å². The van der Waals surface area contributed by atoms with Crippen LogP contribution >= 0.6 is 23.2 Å². The molecule has 0 aromatic heterocycles. The van der Waals surface area contributed by atoms with Crippen LogP contribution in [0.25, 0.3) is 0 Å². The number of nitrogens with one attached hydrogen (secondary N) is 1. The fourth-order valence-corrected chi connectivity index (χ4v) is 2.47. The molecule has 8 heteroatoms. The lowest BCUT2D eigenvalue weighted by Gasteiger charge is -2.15. The monoisotopic (exact) mass is 373 g/mol. The fourth-order valence-electron chi connectivity index (χ4n) is 1.99. The Morgan fingerprint density at radius 3 is 2.38 bits per heavy atom. The highest BCUT2D eigenvalue weighted by Crippen LogP contribution is 2.22. The number of carbonyl (C=O) groups excluding carboxylic acids is 1. The summed E-state index contributed by atoms with van der Waals surface area (Å²) in [5, 5.41) is 12.2. The van der Waals surface area contributed by atoms with Crippen LogP contribution in [-0.4, -0.2) is 23.0 Å². The highest BCUT2D eigenvalue weighted by molar-refractivity contribution is 6.35. The second-order valence-corrected chi connectivity index (χ2v) is 5.78. The second-order valence-electron chi connectivity index (χ2n) is 4.93. The van der Waals surface area contributed by atoms with Gasteiger partial charge in [-0.3, -0.25) is 4.79 Å². The number of hydrogen-bond donors (Lipinski definition) is 2. The molecule has 126 valence electrons. The average Bonchev–Trinajstić information content (AvgIpc) is 2.51. The van der Waals surface area contributed by atoms with Crippen LogP contribution in [0, 0.1) is 11.6 Å². The molecule has 1 amide bonds. The maximum Gasteiger partial charge on any atom is 0.326 e. The van der Waals surface area contributed by atoms with E-state index in [1.54, 1.807) is 12.1 Å². The standard InChI is InChI=1S/C16H11Cl2F2NO3/c17-10-3-1-8(11(18)7-10)6-14(16(23)24)21-15(22)9-2-4-12(19)13(20)5-9/h1-5,7,14H,6H2,(H,21,22)(H,23,24)/t14-/m0/s1. The second kappa shape index (κ2) is 7.59. The quantitative estimate of drug-likeness (QED) is 0.839. The number of carbonyl (C=O) groups is 2. The van der Waals surface area contributed by atoms with Crippen LogP contribution in [0.15, 0.2) is 36.4 Å². The Bertz CT molecular complexity index is 799. The lowest BCUT2D eigenvalue weighted by molar-refractivity contribution is -0.139. The summed E-state index contributed by atoms with van der Waals surface area (Å²) in [4.78, 5) is 23.4. The average molecular weight is 374 g/mol. The first kappa shape index (κ1) is 18.2. The van der Waals surface area contributed by atoms with Crippen molar-refractivity contribution in [2.45, 2.75) is 12.5 Å². The molecule has 0 aliphatic heterocycles. The van der Waals surface area contributed by atoms with E-state index in [0.29, 0.717) is 16.7 Å². The first-order valence-electron chi connectivity index (χ1n) is 6.70. The zero-order valence-electron chi connectivity index (χ0n) is 12.0. The van der Waals surface area contributed by atoms with E-state index in [1.165, 1.54) is 6.07 Å². The van der Waals surface area contributed by atoms with Gasteiger partial charge in [0.1, 0.15) is 6.04 Å². The van der Waals surface area contributed by atoms with Gasteiger partial charge in [-0.1, -0.05) is 29.3 Å². The predicted molar refractivity (Wildman–Crippen MR) is 85.4 cm³/mol. The third-order valence-corrected chi connectivity index (χ3v) is 3.81. The Hall–Kier alpha value is -2.18. The number of rotatable bonds is 5. The van der Waals surface area contributed by atoms with E-state index >= 15 is 0 Å². The molecule has 4 nitrogen and oxygen atoms in total. The molecule has 24 heavy (non-hydrogen) atoms. The Balaban J connectivity index is 2.17. The van der Waals surface area contributed by atoms with Crippen LogP contribution in [-0.2, 0) is 11.2 Å². The number of hydrogen-bond acceptors (Lipinski definition) is 2. The minimum Gasteiger partial charge on any atom is -0.480 e. The van der Waals surface area contributed by atoms with Crippen molar-refractivity contribution in [2.24, 2.45) is 0 Å². The van der Waals surface area contributed by atoms with Gasteiger partial charge < -0.3 is 10.4 Å². The molecule has 2 rings (SSSR count). The molecule has 2 aromatic rings. The van der Waals surface area contributed by atoms with Crippen molar-refractivity contribution in [1.29, 1.82) is 0 Å². The molecule has 2 N–H and O–H groups in total. The minimum absolute atomic E-state index is 0.0965. The van der Waals surface area contributed by atoms with Crippen molar-refractivity contribution in [3.8, 4) is 0 Å². The lowest BCUT2D eigenvalue weighted by atomic mass is 10.1. The van der Waals surface area contributed by atoms with E-state index in [4.69, 9.17) is 23.2 Å². The molecule has 0 aliphatic rings. The molecule has 0 unspecified atom stereocenters. The van der Waals surface area contributed by atoms with Crippen molar-refractivity contribution in [1.82, 2.24) is 5.32 Å². The largest absolute Gasteiger partial charge is 0.480 e. The smallest absolute Gasteiger partial charge is 0.326 e.